The molecule has 1 aliphatic heterocycles. The summed E-state index contributed by atoms with van der Waals surface area (Å²) in [4.78, 5) is 25.0. The van der Waals surface area contributed by atoms with E-state index < -0.39 is 0 Å². The molecule has 0 unspecified atom stereocenters. The second-order valence-electron chi connectivity index (χ2n) is 4.73. The molecular weight excluding hydrogens is 216 g/mol. The second-order valence-corrected chi connectivity index (χ2v) is 4.73. The molecule has 1 rings (SSSR count). The second kappa shape index (κ2) is 7.43. The molecule has 1 amide bonds. The van der Waals surface area contributed by atoms with E-state index in [9.17, 15) is 9.59 Å². The van der Waals surface area contributed by atoms with Crippen molar-refractivity contribution in [3.05, 3.63) is 0 Å². The third-order valence-electron chi connectivity index (χ3n) is 3.53. The lowest BCUT2D eigenvalue weighted by Gasteiger charge is -2.30. The average Bonchev–Trinajstić information content (AvgIpc) is 2.38. The zero-order chi connectivity index (χ0) is 12.7. The number of likely N-dealkylation sites (tertiary alicyclic amines) is 1. The van der Waals surface area contributed by atoms with Gasteiger partial charge in [0.2, 0.25) is 5.91 Å². The van der Waals surface area contributed by atoms with Crippen LogP contribution in [0.15, 0.2) is 0 Å². The molecule has 17 heavy (non-hydrogen) atoms. The van der Waals surface area contributed by atoms with Crippen LogP contribution >= 0.6 is 0 Å². The Hall–Kier alpha value is -0.900. The normalized spacial score (nSPS) is 18.0. The molecule has 0 aromatic heterocycles. The van der Waals surface area contributed by atoms with Crippen LogP contribution in [0.5, 0.6) is 0 Å². The molecule has 1 N–H and O–H groups in total. The Kier molecular flexibility index (Phi) is 6.19. The lowest BCUT2D eigenvalue weighted by molar-refractivity contribution is -0.125. The molecule has 0 aromatic rings. The Morgan fingerprint density at radius 2 is 1.94 bits per heavy atom. The van der Waals surface area contributed by atoms with Crippen molar-refractivity contribution in [3.8, 4) is 0 Å². The van der Waals surface area contributed by atoms with Gasteiger partial charge in [0.05, 0.1) is 0 Å². The van der Waals surface area contributed by atoms with Crippen LogP contribution in [-0.4, -0.2) is 43.3 Å². The summed E-state index contributed by atoms with van der Waals surface area (Å²) in [6, 6.07) is 0. The van der Waals surface area contributed by atoms with Crippen molar-refractivity contribution in [1.29, 1.82) is 0 Å². The highest BCUT2D eigenvalue weighted by Crippen LogP contribution is 2.17. The predicted molar refractivity (Wildman–Crippen MR) is 67.8 cm³/mol. The van der Waals surface area contributed by atoms with E-state index in [1.165, 1.54) is 0 Å². The zero-order valence-corrected chi connectivity index (χ0v) is 11.0. The third-order valence-corrected chi connectivity index (χ3v) is 3.53. The molecular formula is C13H24N2O2. The fraction of sp³-hybridized carbons (Fsp3) is 0.846. The van der Waals surface area contributed by atoms with Crippen molar-refractivity contribution >= 4 is 11.7 Å². The minimum atomic E-state index is 0.172. The maximum Gasteiger partial charge on any atom is 0.222 e. The summed E-state index contributed by atoms with van der Waals surface area (Å²) in [5.74, 6) is 0.713. The Balaban J connectivity index is 2.15. The number of ketones is 1. The number of piperidine rings is 1. The summed E-state index contributed by atoms with van der Waals surface area (Å²) in [7, 11) is 1.70. The van der Waals surface area contributed by atoms with Crippen molar-refractivity contribution in [3.63, 3.8) is 0 Å². The number of carbonyl (C=O) groups is 2. The monoisotopic (exact) mass is 240 g/mol. The summed E-state index contributed by atoms with van der Waals surface area (Å²) >= 11 is 0. The summed E-state index contributed by atoms with van der Waals surface area (Å²) in [5, 5.41) is 2.71. The molecule has 4 heteroatoms. The number of hydrogen-bond donors (Lipinski definition) is 1. The number of amides is 1. The van der Waals surface area contributed by atoms with Crippen LogP contribution in [0.1, 0.15) is 39.0 Å². The van der Waals surface area contributed by atoms with Gasteiger partial charge in [-0.05, 0) is 38.9 Å². The van der Waals surface area contributed by atoms with Gasteiger partial charge in [-0.15, -0.1) is 0 Å². The molecule has 4 nitrogen and oxygen atoms in total. The summed E-state index contributed by atoms with van der Waals surface area (Å²) < 4.78 is 0. The molecule has 0 aromatic carbocycles. The Bertz CT molecular complexity index is 255. The topological polar surface area (TPSA) is 49.4 Å². The average molecular weight is 240 g/mol. The highest BCUT2D eigenvalue weighted by molar-refractivity contribution is 5.78. The third kappa shape index (κ3) is 4.86. The van der Waals surface area contributed by atoms with Gasteiger partial charge in [0.25, 0.3) is 0 Å². The molecule has 0 spiro atoms. The number of rotatable bonds is 6. The van der Waals surface area contributed by atoms with Gasteiger partial charge in [-0.3, -0.25) is 9.59 Å². The molecule has 1 fully saturated rings. The van der Waals surface area contributed by atoms with Crippen molar-refractivity contribution in [2.45, 2.75) is 39.0 Å². The fourth-order valence-corrected chi connectivity index (χ4v) is 2.30. The maximum absolute atomic E-state index is 11.4. The molecule has 98 valence electrons. The van der Waals surface area contributed by atoms with Crippen LogP contribution in [0.2, 0.25) is 0 Å². The number of carbonyl (C=O) groups excluding carboxylic acids is 2. The predicted octanol–water partition coefficient (Wildman–Crippen LogP) is 1.20. The molecule has 0 aliphatic carbocycles. The molecule has 1 saturated heterocycles. The Morgan fingerprint density at radius 3 is 2.47 bits per heavy atom. The number of nitrogens with zero attached hydrogens (tertiary/aromatic N) is 1. The zero-order valence-electron chi connectivity index (χ0n) is 11.0. The highest BCUT2D eigenvalue weighted by Gasteiger charge is 2.23. The van der Waals surface area contributed by atoms with E-state index in [1.807, 2.05) is 6.92 Å². The van der Waals surface area contributed by atoms with E-state index in [2.05, 4.69) is 10.2 Å². The summed E-state index contributed by atoms with van der Waals surface area (Å²) in [6.07, 6.45) is 4.20. The first kappa shape index (κ1) is 14.2. The van der Waals surface area contributed by atoms with E-state index >= 15 is 0 Å². The largest absolute Gasteiger partial charge is 0.359 e. The molecule has 0 atom stereocenters. The summed E-state index contributed by atoms with van der Waals surface area (Å²) in [6.45, 7) is 4.88. The highest BCUT2D eigenvalue weighted by atomic mass is 16.1. The SMILES string of the molecule is CCC(=O)CCCN1CCC(C(=O)NC)CC1. The van der Waals surface area contributed by atoms with Gasteiger partial charge in [-0.1, -0.05) is 6.92 Å². The van der Waals surface area contributed by atoms with E-state index in [-0.39, 0.29) is 11.8 Å². The Morgan fingerprint density at radius 1 is 1.29 bits per heavy atom. The van der Waals surface area contributed by atoms with Crippen molar-refractivity contribution in [2.75, 3.05) is 26.7 Å². The van der Waals surface area contributed by atoms with Crippen molar-refractivity contribution < 1.29 is 9.59 Å². The van der Waals surface area contributed by atoms with E-state index in [1.54, 1.807) is 7.05 Å². The van der Waals surface area contributed by atoms with Crippen LogP contribution in [0, 0.1) is 5.92 Å². The lowest BCUT2D eigenvalue weighted by Crippen LogP contribution is -2.39. The van der Waals surface area contributed by atoms with E-state index in [0.717, 1.165) is 38.9 Å². The van der Waals surface area contributed by atoms with Gasteiger partial charge >= 0.3 is 0 Å². The first-order chi connectivity index (χ1) is 8.17. The first-order valence-corrected chi connectivity index (χ1v) is 6.63. The van der Waals surface area contributed by atoms with Gasteiger partial charge in [0.1, 0.15) is 5.78 Å². The minimum absolute atomic E-state index is 0.172. The standard InChI is InChI=1S/C13H24N2O2/c1-3-12(16)5-4-8-15-9-6-11(7-10-15)13(17)14-2/h11H,3-10H2,1-2H3,(H,14,17). The van der Waals surface area contributed by atoms with Gasteiger partial charge in [0, 0.05) is 25.8 Å². The van der Waals surface area contributed by atoms with Crippen LogP contribution in [-0.2, 0) is 9.59 Å². The lowest BCUT2D eigenvalue weighted by atomic mass is 9.96. The van der Waals surface area contributed by atoms with Crippen LogP contribution < -0.4 is 5.32 Å². The smallest absolute Gasteiger partial charge is 0.222 e. The molecule has 0 radical (unpaired) electrons. The molecule has 1 aliphatic rings. The fourth-order valence-electron chi connectivity index (χ4n) is 2.30. The van der Waals surface area contributed by atoms with Gasteiger partial charge in [0.15, 0.2) is 0 Å². The van der Waals surface area contributed by atoms with Gasteiger partial charge < -0.3 is 10.2 Å². The number of Topliss-reactive ketones (excluding diaryl/α,β-unsaturated/α-hetero) is 1. The molecule has 0 bridgehead atoms. The van der Waals surface area contributed by atoms with Crippen molar-refractivity contribution in [1.82, 2.24) is 10.2 Å². The molecule has 1 heterocycles. The minimum Gasteiger partial charge on any atom is -0.359 e. The summed E-state index contributed by atoms with van der Waals surface area (Å²) in [5.41, 5.74) is 0. The van der Waals surface area contributed by atoms with Crippen LogP contribution in [0.4, 0.5) is 0 Å². The van der Waals surface area contributed by atoms with Gasteiger partial charge in [-0.25, -0.2) is 0 Å². The van der Waals surface area contributed by atoms with E-state index in [0.29, 0.717) is 18.6 Å². The maximum atomic E-state index is 11.4. The van der Waals surface area contributed by atoms with E-state index in [4.69, 9.17) is 0 Å². The quantitative estimate of drug-likeness (QED) is 0.759. The van der Waals surface area contributed by atoms with Crippen molar-refractivity contribution in [2.24, 2.45) is 5.92 Å². The van der Waals surface area contributed by atoms with Crippen LogP contribution in [0.3, 0.4) is 0 Å². The first-order valence-electron chi connectivity index (χ1n) is 6.63. The number of hydrogen-bond acceptors (Lipinski definition) is 3. The van der Waals surface area contributed by atoms with Crippen LogP contribution in [0.25, 0.3) is 0 Å². The Labute approximate surface area is 104 Å². The van der Waals surface area contributed by atoms with Gasteiger partial charge in [-0.2, -0.15) is 0 Å². The molecule has 0 saturated carbocycles. The number of nitrogens with one attached hydrogen (secondary N) is 1.